The van der Waals surface area contributed by atoms with Gasteiger partial charge in [0.1, 0.15) is 0 Å². The molecule has 0 aromatic heterocycles. The number of ether oxygens (including phenoxy) is 1. The van der Waals surface area contributed by atoms with Crippen LogP contribution in [0.15, 0.2) is 0 Å². The van der Waals surface area contributed by atoms with Crippen LogP contribution in [-0.2, 0) is 4.74 Å². The summed E-state index contributed by atoms with van der Waals surface area (Å²) in [4.78, 5) is 2.74. The van der Waals surface area contributed by atoms with E-state index in [9.17, 15) is 0 Å². The van der Waals surface area contributed by atoms with Crippen molar-refractivity contribution in [1.29, 1.82) is 0 Å². The van der Waals surface area contributed by atoms with Crippen LogP contribution in [0.3, 0.4) is 0 Å². The maximum absolute atomic E-state index is 5.51. The van der Waals surface area contributed by atoms with Gasteiger partial charge in [-0.1, -0.05) is 6.92 Å². The Morgan fingerprint density at radius 3 is 2.65 bits per heavy atom. The van der Waals surface area contributed by atoms with Crippen LogP contribution < -0.4 is 5.32 Å². The molecule has 0 aliphatic carbocycles. The van der Waals surface area contributed by atoms with Gasteiger partial charge in [0, 0.05) is 37.4 Å². The third-order valence-electron chi connectivity index (χ3n) is 4.63. The summed E-state index contributed by atoms with van der Waals surface area (Å²) < 4.78 is 5.51. The number of hydrogen-bond donors (Lipinski definition) is 1. The molecule has 100 valence electrons. The molecular weight excluding hydrogens is 212 g/mol. The molecule has 2 unspecified atom stereocenters. The zero-order chi connectivity index (χ0) is 12.3. The van der Waals surface area contributed by atoms with Gasteiger partial charge >= 0.3 is 0 Å². The van der Waals surface area contributed by atoms with Crippen LogP contribution in [0.4, 0.5) is 0 Å². The van der Waals surface area contributed by atoms with Crippen molar-refractivity contribution in [2.24, 2.45) is 0 Å². The summed E-state index contributed by atoms with van der Waals surface area (Å²) in [6.07, 6.45) is 4.99. The molecule has 2 rings (SSSR count). The minimum Gasteiger partial charge on any atom is -0.381 e. The van der Waals surface area contributed by atoms with Gasteiger partial charge in [-0.15, -0.1) is 0 Å². The maximum atomic E-state index is 5.51. The van der Waals surface area contributed by atoms with Crippen molar-refractivity contribution >= 4 is 0 Å². The third-order valence-corrected chi connectivity index (χ3v) is 4.63. The summed E-state index contributed by atoms with van der Waals surface area (Å²) in [5.41, 5.74) is 0.384. The zero-order valence-electron chi connectivity index (χ0n) is 11.7. The highest BCUT2D eigenvalue weighted by Crippen LogP contribution is 2.33. The van der Waals surface area contributed by atoms with E-state index in [1.807, 2.05) is 0 Å². The van der Waals surface area contributed by atoms with Gasteiger partial charge < -0.3 is 10.1 Å². The van der Waals surface area contributed by atoms with Gasteiger partial charge in [0.2, 0.25) is 0 Å². The quantitative estimate of drug-likeness (QED) is 0.817. The summed E-state index contributed by atoms with van der Waals surface area (Å²) in [5.74, 6) is 0. The molecule has 0 radical (unpaired) electrons. The molecule has 0 aromatic rings. The second-order valence-electron chi connectivity index (χ2n) is 5.93. The van der Waals surface area contributed by atoms with E-state index in [2.05, 4.69) is 31.0 Å². The number of nitrogens with one attached hydrogen (secondary N) is 1. The van der Waals surface area contributed by atoms with Gasteiger partial charge in [-0.25, -0.2) is 0 Å². The van der Waals surface area contributed by atoms with Crippen LogP contribution in [0.25, 0.3) is 0 Å². The largest absolute Gasteiger partial charge is 0.381 e. The van der Waals surface area contributed by atoms with Crippen molar-refractivity contribution in [2.75, 3.05) is 26.3 Å². The van der Waals surface area contributed by atoms with E-state index < -0.39 is 0 Å². The van der Waals surface area contributed by atoms with Gasteiger partial charge in [0.25, 0.3) is 0 Å². The lowest BCUT2D eigenvalue weighted by Gasteiger charge is -2.50. The monoisotopic (exact) mass is 240 g/mol. The van der Waals surface area contributed by atoms with Crippen LogP contribution in [0.2, 0.25) is 0 Å². The summed E-state index contributed by atoms with van der Waals surface area (Å²) in [6.45, 7) is 11.3. The predicted octanol–water partition coefficient (Wildman–Crippen LogP) is 2.02. The maximum Gasteiger partial charge on any atom is 0.0483 e. The number of piperidine rings is 1. The molecule has 1 N–H and O–H groups in total. The Kier molecular flexibility index (Phi) is 4.45. The molecule has 0 amide bonds. The smallest absolute Gasteiger partial charge is 0.0483 e. The minimum atomic E-state index is 0.384. The number of rotatable bonds is 3. The Morgan fingerprint density at radius 2 is 2.06 bits per heavy atom. The molecule has 0 aromatic carbocycles. The molecule has 2 heterocycles. The fourth-order valence-electron chi connectivity index (χ4n) is 3.55. The normalized spacial score (nSPS) is 34.8. The summed E-state index contributed by atoms with van der Waals surface area (Å²) in [7, 11) is 0. The summed E-state index contributed by atoms with van der Waals surface area (Å²) in [6, 6.07) is 1.44. The van der Waals surface area contributed by atoms with Gasteiger partial charge in [0.05, 0.1) is 0 Å². The Labute approximate surface area is 106 Å². The first kappa shape index (κ1) is 13.3. The molecule has 2 aliphatic rings. The fourth-order valence-corrected chi connectivity index (χ4v) is 3.55. The van der Waals surface area contributed by atoms with Gasteiger partial charge in [0.15, 0.2) is 0 Å². The van der Waals surface area contributed by atoms with Crippen molar-refractivity contribution in [2.45, 2.75) is 64.1 Å². The highest BCUT2D eigenvalue weighted by atomic mass is 16.5. The lowest BCUT2D eigenvalue weighted by molar-refractivity contribution is -0.0500. The lowest BCUT2D eigenvalue weighted by Crippen LogP contribution is -2.58. The SMILES string of the molecule is CCNC1CCN(C2(C)CCOCC2)C(C)C1. The Balaban J connectivity index is 1.93. The van der Waals surface area contributed by atoms with E-state index in [0.29, 0.717) is 11.6 Å². The molecule has 3 nitrogen and oxygen atoms in total. The van der Waals surface area contributed by atoms with E-state index in [1.165, 1.54) is 32.2 Å². The van der Waals surface area contributed by atoms with Crippen molar-refractivity contribution in [3.8, 4) is 0 Å². The van der Waals surface area contributed by atoms with E-state index in [-0.39, 0.29) is 0 Å². The number of likely N-dealkylation sites (tertiary alicyclic amines) is 1. The molecule has 2 atom stereocenters. The molecule has 17 heavy (non-hydrogen) atoms. The van der Waals surface area contributed by atoms with Crippen LogP contribution in [0.5, 0.6) is 0 Å². The standard InChI is InChI=1S/C14H28N2O/c1-4-15-13-5-8-16(12(2)11-13)14(3)6-9-17-10-7-14/h12-13,15H,4-11H2,1-3H3. The molecule has 2 saturated heterocycles. The van der Waals surface area contributed by atoms with E-state index >= 15 is 0 Å². The predicted molar refractivity (Wildman–Crippen MR) is 71.3 cm³/mol. The summed E-state index contributed by atoms with van der Waals surface area (Å²) in [5, 5.41) is 3.60. The second-order valence-corrected chi connectivity index (χ2v) is 5.93. The van der Waals surface area contributed by atoms with Crippen LogP contribution in [0, 0.1) is 0 Å². The lowest BCUT2D eigenvalue weighted by atomic mass is 9.85. The number of nitrogens with zero attached hydrogens (tertiary/aromatic N) is 1. The van der Waals surface area contributed by atoms with E-state index in [4.69, 9.17) is 4.74 Å². The van der Waals surface area contributed by atoms with Gasteiger partial charge in [-0.3, -0.25) is 4.90 Å². The van der Waals surface area contributed by atoms with Crippen LogP contribution in [0.1, 0.15) is 46.5 Å². The molecular formula is C14H28N2O. The van der Waals surface area contributed by atoms with Gasteiger partial charge in [-0.05, 0) is 46.1 Å². The Hall–Kier alpha value is -0.120. The summed E-state index contributed by atoms with van der Waals surface area (Å²) >= 11 is 0. The molecule has 2 aliphatic heterocycles. The molecule has 3 heteroatoms. The molecule has 2 fully saturated rings. The number of hydrogen-bond acceptors (Lipinski definition) is 3. The van der Waals surface area contributed by atoms with Crippen LogP contribution in [-0.4, -0.2) is 48.8 Å². The van der Waals surface area contributed by atoms with Crippen LogP contribution >= 0.6 is 0 Å². The van der Waals surface area contributed by atoms with Crippen molar-refractivity contribution in [3.63, 3.8) is 0 Å². The Morgan fingerprint density at radius 1 is 1.35 bits per heavy atom. The second kappa shape index (κ2) is 5.68. The highest BCUT2D eigenvalue weighted by molar-refractivity contribution is 4.95. The van der Waals surface area contributed by atoms with Gasteiger partial charge in [-0.2, -0.15) is 0 Å². The third kappa shape index (κ3) is 3.01. The first-order valence-electron chi connectivity index (χ1n) is 7.23. The molecule has 0 saturated carbocycles. The molecule has 0 bridgehead atoms. The molecule has 0 spiro atoms. The Bertz CT molecular complexity index is 238. The minimum absolute atomic E-state index is 0.384. The topological polar surface area (TPSA) is 24.5 Å². The van der Waals surface area contributed by atoms with Crippen molar-refractivity contribution < 1.29 is 4.74 Å². The fraction of sp³-hybridized carbons (Fsp3) is 1.00. The first-order valence-corrected chi connectivity index (χ1v) is 7.23. The van der Waals surface area contributed by atoms with E-state index in [0.717, 1.165) is 25.8 Å². The zero-order valence-corrected chi connectivity index (χ0v) is 11.7. The first-order chi connectivity index (χ1) is 8.15. The average Bonchev–Trinajstić information content (AvgIpc) is 2.30. The van der Waals surface area contributed by atoms with Crippen molar-refractivity contribution in [3.05, 3.63) is 0 Å². The average molecular weight is 240 g/mol. The van der Waals surface area contributed by atoms with E-state index in [1.54, 1.807) is 0 Å². The van der Waals surface area contributed by atoms with Crippen molar-refractivity contribution in [1.82, 2.24) is 10.2 Å². The highest BCUT2D eigenvalue weighted by Gasteiger charge is 2.39.